The number of nitrogens with zero attached hydrogens (tertiary/aromatic N) is 2. The summed E-state index contributed by atoms with van der Waals surface area (Å²) in [5.41, 5.74) is 1.63. The summed E-state index contributed by atoms with van der Waals surface area (Å²) in [6.07, 6.45) is 0. The van der Waals surface area contributed by atoms with Crippen LogP contribution in [0.3, 0.4) is 0 Å². The summed E-state index contributed by atoms with van der Waals surface area (Å²) in [5.74, 6) is -0.184. The molecule has 0 spiro atoms. The first kappa shape index (κ1) is 22.3. The fraction of sp³-hybridized carbons (Fsp3) is 0.412. The molecule has 1 aromatic heterocycles. The number of amides is 1. The van der Waals surface area contributed by atoms with Crippen LogP contribution in [0, 0.1) is 13.8 Å². The minimum Gasteiger partial charge on any atom is -0.382 e. The first-order valence-electron chi connectivity index (χ1n) is 8.28. The van der Waals surface area contributed by atoms with Crippen molar-refractivity contribution in [2.45, 2.75) is 25.7 Å². The van der Waals surface area contributed by atoms with Gasteiger partial charge >= 0.3 is 0 Å². The Bertz CT molecular complexity index is 944. The molecule has 0 aliphatic heterocycles. The van der Waals surface area contributed by atoms with E-state index >= 15 is 0 Å². The maximum absolute atomic E-state index is 13.3. The molecule has 2 rings (SSSR count). The number of hydrogen-bond donors (Lipinski definition) is 1. The van der Waals surface area contributed by atoms with Crippen LogP contribution in [0.15, 0.2) is 32.1 Å². The molecule has 0 atom stereocenters. The monoisotopic (exact) mass is 475 g/mol. The molecule has 1 heterocycles. The third-order valence-electron chi connectivity index (χ3n) is 3.82. The van der Waals surface area contributed by atoms with Crippen LogP contribution in [-0.4, -0.2) is 46.5 Å². The van der Waals surface area contributed by atoms with Crippen LogP contribution in [0.2, 0.25) is 0 Å². The second-order valence-corrected chi connectivity index (χ2v) is 8.59. The summed E-state index contributed by atoms with van der Waals surface area (Å²) >= 11 is 3.27. The second kappa shape index (κ2) is 9.50. The molecule has 1 aromatic carbocycles. The van der Waals surface area contributed by atoms with Gasteiger partial charge in [-0.15, -0.1) is 0 Å². The highest BCUT2D eigenvalue weighted by atomic mass is 79.9. The molecule has 0 aliphatic carbocycles. The van der Waals surface area contributed by atoms with Gasteiger partial charge in [0.1, 0.15) is 11.6 Å². The summed E-state index contributed by atoms with van der Waals surface area (Å²) in [7, 11) is -2.53. The molecule has 9 nitrogen and oxygen atoms in total. The maximum Gasteiger partial charge on any atom is 0.269 e. The second-order valence-electron chi connectivity index (χ2n) is 5.91. The molecule has 28 heavy (non-hydrogen) atoms. The summed E-state index contributed by atoms with van der Waals surface area (Å²) in [5, 5.41) is 6.44. The van der Waals surface area contributed by atoms with E-state index in [4.69, 9.17) is 14.0 Å². The first-order valence-corrected chi connectivity index (χ1v) is 10.5. The van der Waals surface area contributed by atoms with E-state index in [0.717, 1.165) is 4.31 Å². The Labute approximate surface area is 172 Å². The lowest BCUT2D eigenvalue weighted by Crippen LogP contribution is -2.34. The summed E-state index contributed by atoms with van der Waals surface area (Å²) in [6, 6.07) is 4.41. The van der Waals surface area contributed by atoms with Gasteiger partial charge in [0.2, 0.25) is 11.8 Å². The largest absolute Gasteiger partial charge is 0.382 e. The van der Waals surface area contributed by atoms with Crippen LogP contribution >= 0.6 is 15.9 Å². The lowest BCUT2D eigenvalue weighted by Gasteiger charge is -2.22. The predicted octanol–water partition coefficient (Wildman–Crippen LogP) is 2.83. The number of nitrogens with one attached hydrogen (secondary N) is 1. The molecule has 0 unspecified atom stereocenters. The number of hydrogen-bond acceptors (Lipinski definition) is 7. The Morgan fingerprint density at radius 1 is 1.32 bits per heavy atom. The van der Waals surface area contributed by atoms with Crippen molar-refractivity contribution in [2.24, 2.45) is 0 Å². The quantitative estimate of drug-likeness (QED) is 0.438. The number of carbonyl (C=O) groups is 1. The molecule has 0 radical (unpaired) electrons. The van der Waals surface area contributed by atoms with Crippen molar-refractivity contribution in [3.63, 3.8) is 0 Å². The zero-order valence-electron chi connectivity index (χ0n) is 16.0. The van der Waals surface area contributed by atoms with Crippen molar-refractivity contribution in [1.29, 1.82) is 0 Å². The minimum atomic E-state index is -4.05. The van der Waals surface area contributed by atoms with Gasteiger partial charge in [-0.1, -0.05) is 5.16 Å². The number of aryl methyl sites for hydroxylation is 1. The Kier molecular flexibility index (Phi) is 7.58. The topological polar surface area (TPSA) is 111 Å². The fourth-order valence-corrected chi connectivity index (χ4v) is 4.65. The first-order chi connectivity index (χ1) is 13.2. The smallest absolute Gasteiger partial charge is 0.269 e. The predicted molar refractivity (Wildman–Crippen MR) is 107 cm³/mol. The average Bonchev–Trinajstić information content (AvgIpc) is 2.93. The van der Waals surface area contributed by atoms with Gasteiger partial charge in [-0.3, -0.25) is 4.79 Å². The highest BCUT2D eigenvalue weighted by Crippen LogP contribution is 2.33. The lowest BCUT2D eigenvalue weighted by molar-refractivity contribution is -0.114. The molecular weight excluding hydrogens is 454 g/mol. The SMILES string of the molecule is COCCOCN(c1onc(C)c1C)S(=O)(=O)c1ccc(NC(C)=O)cc1Br. The number of carbonyl (C=O) groups excluding carboxylic acids is 1. The Balaban J connectivity index is 2.42. The van der Waals surface area contributed by atoms with Gasteiger partial charge in [-0.25, -0.2) is 12.7 Å². The van der Waals surface area contributed by atoms with Crippen LogP contribution < -0.4 is 9.62 Å². The minimum absolute atomic E-state index is 0.00889. The van der Waals surface area contributed by atoms with Crippen molar-refractivity contribution in [2.75, 3.05) is 36.7 Å². The van der Waals surface area contributed by atoms with Gasteiger partial charge in [0.25, 0.3) is 10.0 Å². The number of halogens is 1. The van der Waals surface area contributed by atoms with Crippen molar-refractivity contribution in [3.8, 4) is 0 Å². The number of benzene rings is 1. The van der Waals surface area contributed by atoms with E-state index in [-0.39, 0.29) is 34.5 Å². The van der Waals surface area contributed by atoms with E-state index in [1.807, 2.05) is 0 Å². The van der Waals surface area contributed by atoms with E-state index < -0.39 is 10.0 Å². The number of methoxy groups -OCH3 is 1. The van der Waals surface area contributed by atoms with E-state index in [1.165, 1.54) is 32.2 Å². The van der Waals surface area contributed by atoms with Gasteiger partial charge < -0.3 is 19.3 Å². The molecule has 0 saturated carbocycles. The van der Waals surface area contributed by atoms with Crippen molar-refractivity contribution in [3.05, 3.63) is 33.9 Å². The van der Waals surface area contributed by atoms with E-state index in [9.17, 15) is 13.2 Å². The molecule has 1 N–H and O–H groups in total. The molecule has 0 aliphatic rings. The van der Waals surface area contributed by atoms with Crippen LogP contribution in [0.1, 0.15) is 18.2 Å². The number of ether oxygens (including phenoxy) is 2. The normalized spacial score (nSPS) is 11.5. The Hall–Kier alpha value is -1.95. The third kappa shape index (κ3) is 5.10. The van der Waals surface area contributed by atoms with Gasteiger partial charge in [0.15, 0.2) is 0 Å². The zero-order valence-corrected chi connectivity index (χ0v) is 18.4. The number of aromatic nitrogens is 1. The molecule has 0 bridgehead atoms. The van der Waals surface area contributed by atoms with E-state index in [2.05, 4.69) is 26.4 Å². The summed E-state index contributed by atoms with van der Waals surface area (Å²) < 4.78 is 43.6. The van der Waals surface area contributed by atoms with Gasteiger partial charge in [0.05, 0.1) is 18.9 Å². The van der Waals surface area contributed by atoms with Gasteiger partial charge in [-0.05, 0) is 48.0 Å². The van der Waals surface area contributed by atoms with Gasteiger partial charge in [-0.2, -0.15) is 0 Å². The fourth-order valence-electron chi connectivity index (χ4n) is 2.27. The highest BCUT2D eigenvalue weighted by Gasteiger charge is 2.32. The molecule has 11 heteroatoms. The van der Waals surface area contributed by atoms with Gasteiger partial charge in [0, 0.05) is 29.8 Å². The standard InChI is InChI=1S/C17H22BrN3O6S/c1-11-12(2)20-27-17(11)21(10-26-8-7-25-4)28(23,24)16-6-5-14(9-15(16)18)19-13(3)22/h5-6,9H,7-8,10H2,1-4H3,(H,19,22). The maximum atomic E-state index is 13.3. The Morgan fingerprint density at radius 2 is 2.04 bits per heavy atom. The average molecular weight is 476 g/mol. The van der Waals surface area contributed by atoms with Crippen molar-refractivity contribution in [1.82, 2.24) is 5.16 Å². The van der Waals surface area contributed by atoms with Crippen molar-refractivity contribution >= 4 is 43.4 Å². The highest BCUT2D eigenvalue weighted by molar-refractivity contribution is 9.10. The summed E-state index contributed by atoms with van der Waals surface area (Å²) in [4.78, 5) is 11.2. The van der Waals surface area contributed by atoms with Crippen LogP contribution in [0.5, 0.6) is 0 Å². The molecule has 2 aromatic rings. The third-order valence-corrected chi connectivity index (χ3v) is 6.50. The molecule has 0 saturated heterocycles. The van der Waals surface area contributed by atoms with E-state index in [1.54, 1.807) is 13.8 Å². The van der Waals surface area contributed by atoms with Crippen LogP contribution in [-0.2, 0) is 24.3 Å². The number of rotatable bonds is 9. The molecule has 154 valence electrons. The Morgan fingerprint density at radius 3 is 2.57 bits per heavy atom. The van der Waals surface area contributed by atoms with E-state index in [0.29, 0.717) is 23.6 Å². The number of sulfonamides is 1. The van der Waals surface area contributed by atoms with Crippen molar-refractivity contribution < 1.29 is 27.2 Å². The van der Waals surface area contributed by atoms with Crippen LogP contribution in [0.4, 0.5) is 11.6 Å². The number of anilines is 2. The zero-order chi connectivity index (χ0) is 20.9. The van der Waals surface area contributed by atoms with Crippen LogP contribution in [0.25, 0.3) is 0 Å². The molecule has 1 amide bonds. The molecular formula is C17H22BrN3O6S. The summed E-state index contributed by atoms with van der Waals surface area (Å²) in [6.45, 7) is 5.05. The molecule has 0 fully saturated rings. The lowest BCUT2D eigenvalue weighted by atomic mass is 10.3.